The van der Waals surface area contributed by atoms with Crippen molar-refractivity contribution in [3.63, 3.8) is 0 Å². The lowest BCUT2D eigenvalue weighted by Crippen LogP contribution is -2.39. The highest BCUT2D eigenvalue weighted by molar-refractivity contribution is 5.46. The van der Waals surface area contributed by atoms with E-state index in [1.165, 1.54) is 29.8 Å². The molecule has 136 valence electrons. The van der Waals surface area contributed by atoms with E-state index in [4.69, 9.17) is 4.74 Å². The first-order chi connectivity index (χ1) is 12.3. The Hall–Kier alpha value is -3.54. The Morgan fingerprint density at radius 1 is 1.19 bits per heavy atom. The highest BCUT2D eigenvalue weighted by Gasteiger charge is 2.12. The Morgan fingerprint density at radius 3 is 2.58 bits per heavy atom. The van der Waals surface area contributed by atoms with Gasteiger partial charge >= 0.3 is 11.4 Å². The van der Waals surface area contributed by atoms with Gasteiger partial charge in [-0.3, -0.25) is 24.0 Å². The highest BCUT2D eigenvalue weighted by atomic mass is 16.6. The van der Waals surface area contributed by atoms with Crippen molar-refractivity contribution >= 4 is 11.5 Å². The zero-order valence-electron chi connectivity index (χ0n) is 14.6. The molecule has 1 heterocycles. The standard InChI is InChI=1S/C17H18N4O5/c1-18(15-12-16(22)20(3)17(23)19(15)2)10-6-7-11-26-14-9-5-4-8-13(14)21(24)25/h4-5,8-9,12H,10-11H2,1-3H3. The van der Waals surface area contributed by atoms with Crippen LogP contribution in [-0.4, -0.2) is 34.3 Å². The van der Waals surface area contributed by atoms with E-state index in [9.17, 15) is 19.7 Å². The average Bonchev–Trinajstić information content (AvgIpc) is 2.62. The van der Waals surface area contributed by atoms with E-state index in [1.807, 2.05) is 0 Å². The summed E-state index contributed by atoms with van der Waals surface area (Å²) in [6.07, 6.45) is 0. The van der Waals surface area contributed by atoms with Gasteiger partial charge in [-0.15, -0.1) is 0 Å². The summed E-state index contributed by atoms with van der Waals surface area (Å²) in [6.45, 7) is 0.231. The van der Waals surface area contributed by atoms with Gasteiger partial charge in [-0.05, 0) is 6.07 Å². The predicted octanol–water partition coefficient (Wildman–Crippen LogP) is 0.511. The molecule has 9 heteroatoms. The smallest absolute Gasteiger partial charge is 0.332 e. The van der Waals surface area contributed by atoms with Gasteiger partial charge in [0.15, 0.2) is 5.75 Å². The third-order valence-electron chi connectivity index (χ3n) is 3.69. The van der Waals surface area contributed by atoms with E-state index >= 15 is 0 Å². The second-order valence-corrected chi connectivity index (χ2v) is 5.46. The van der Waals surface area contributed by atoms with Gasteiger partial charge in [0.05, 0.1) is 11.5 Å². The fraction of sp³-hybridized carbons (Fsp3) is 0.294. The predicted molar refractivity (Wildman–Crippen MR) is 96.6 cm³/mol. The number of ether oxygens (including phenoxy) is 1. The number of nitro groups is 1. The maximum atomic E-state index is 11.9. The molecule has 0 radical (unpaired) electrons. The van der Waals surface area contributed by atoms with E-state index in [0.717, 1.165) is 4.57 Å². The minimum absolute atomic E-state index is 0.0197. The highest BCUT2D eigenvalue weighted by Crippen LogP contribution is 2.25. The van der Waals surface area contributed by atoms with Gasteiger partial charge in [-0.1, -0.05) is 24.0 Å². The molecule has 0 unspecified atom stereocenters. The van der Waals surface area contributed by atoms with Crippen molar-refractivity contribution < 1.29 is 9.66 Å². The third kappa shape index (κ3) is 4.10. The molecule has 0 aliphatic carbocycles. The first kappa shape index (κ1) is 18.8. The van der Waals surface area contributed by atoms with E-state index in [1.54, 1.807) is 31.1 Å². The molecule has 0 saturated carbocycles. The molecule has 9 nitrogen and oxygen atoms in total. The van der Waals surface area contributed by atoms with Crippen molar-refractivity contribution in [3.8, 4) is 17.6 Å². The Labute approximate surface area is 149 Å². The van der Waals surface area contributed by atoms with Crippen LogP contribution >= 0.6 is 0 Å². The number of hydrogen-bond acceptors (Lipinski definition) is 6. The molecule has 2 rings (SSSR count). The normalized spacial score (nSPS) is 9.96. The molecule has 0 aliphatic heterocycles. The molecule has 0 amide bonds. The van der Waals surface area contributed by atoms with Gasteiger partial charge in [0.2, 0.25) is 0 Å². The molecule has 0 aliphatic rings. The molecule has 1 aromatic carbocycles. The van der Waals surface area contributed by atoms with Crippen LogP contribution in [0.2, 0.25) is 0 Å². The van der Waals surface area contributed by atoms with Crippen LogP contribution < -0.4 is 20.9 Å². The Morgan fingerprint density at radius 2 is 1.88 bits per heavy atom. The summed E-state index contributed by atoms with van der Waals surface area (Å²) in [5.41, 5.74) is -0.948. The minimum atomic E-state index is -0.521. The minimum Gasteiger partial charge on any atom is -0.474 e. The Balaban J connectivity index is 2.02. The second-order valence-electron chi connectivity index (χ2n) is 5.46. The molecule has 2 aromatic rings. The van der Waals surface area contributed by atoms with Crippen molar-refractivity contribution in [2.24, 2.45) is 14.1 Å². The number of rotatable bonds is 5. The van der Waals surface area contributed by atoms with Crippen molar-refractivity contribution in [2.45, 2.75) is 0 Å². The maximum Gasteiger partial charge on any atom is 0.332 e. The zero-order valence-corrected chi connectivity index (χ0v) is 14.6. The summed E-state index contributed by atoms with van der Waals surface area (Å²) in [6, 6.07) is 7.40. The van der Waals surface area contributed by atoms with Crippen molar-refractivity contribution in [1.29, 1.82) is 0 Å². The summed E-state index contributed by atoms with van der Waals surface area (Å²) < 4.78 is 7.69. The molecule has 1 aromatic heterocycles. The first-order valence-corrected chi connectivity index (χ1v) is 7.63. The summed E-state index contributed by atoms with van der Waals surface area (Å²) in [7, 11) is 4.68. The van der Waals surface area contributed by atoms with Crippen LogP contribution in [0.5, 0.6) is 5.75 Å². The second kappa shape index (κ2) is 8.02. The molecule has 0 bridgehead atoms. The van der Waals surface area contributed by atoms with Crippen LogP contribution in [-0.2, 0) is 14.1 Å². The van der Waals surface area contributed by atoms with E-state index in [0.29, 0.717) is 5.82 Å². The number of hydrogen-bond donors (Lipinski definition) is 0. The van der Waals surface area contributed by atoms with Gasteiger partial charge in [0.25, 0.3) is 5.56 Å². The fourth-order valence-electron chi connectivity index (χ4n) is 2.24. The molecule has 0 spiro atoms. The number of nitrogens with zero attached hydrogens (tertiary/aromatic N) is 4. The molecule has 0 atom stereocenters. The van der Waals surface area contributed by atoms with Gasteiger partial charge in [0, 0.05) is 33.3 Å². The Bertz CT molecular complexity index is 997. The van der Waals surface area contributed by atoms with Crippen molar-refractivity contribution in [3.05, 3.63) is 61.3 Å². The molecular formula is C17H18N4O5. The maximum absolute atomic E-state index is 11.9. The molecule has 0 fully saturated rings. The van der Waals surface area contributed by atoms with Crippen molar-refractivity contribution in [1.82, 2.24) is 9.13 Å². The van der Waals surface area contributed by atoms with Gasteiger partial charge in [-0.25, -0.2) is 4.79 Å². The summed E-state index contributed by atoms with van der Waals surface area (Å²) in [4.78, 5) is 35.7. The summed E-state index contributed by atoms with van der Waals surface area (Å²) in [5, 5.41) is 10.9. The monoisotopic (exact) mass is 358 g/mol. The van der Waals surface area contributed by atoms with Crippen LogP contribution in [0.1, 0.15) is 0 Å². The average molecular weight is 358 g/mol. The lowest BCUT2D eigenvalue weighted by atomic mass is 10.3. The number of nitro benzene ring substituents is 1. The molecule has 26 heavy (non-hydrogen) atoms. The number of aromatic nitrogens is 2. The molecule has 0 N–H and O–H groups in total. The summed E-state index contributed by atoms with van der Waals surface area (Å²) in [5.74, 6) is 6.18. The number of anilines is 1. The van der Waals surface area contributed by atoms with Crippen LogP contribution in [0.15, 0.2) is 39.9 Å². The molecular weight excluding hydrogens is 340 g/mol. The Kier molecular flexibility index (Phi) is 5.80. The zero-order chi connectivity index (χ0) is 19.3. The van der Waals surface area contributed by atoms with Crippen LogP contribution in [0.25, 0.3) is 0 Å². The van der Waals surface area contributed by atoms with Gasteiger partial charge in [0.1, 0.15) is 12.4 Å². The van der Waals surface area contributed by atoms with E-state index < -0.39 is 16.2 Å². The largest absolute Gasteiger partial charge is 0.474 e. The fourth-order valence-corrected chi connectivity index (χ4v) is 2.24. The van der Waals surface area contributed by atoms with Crippen LogP contribution in [0.3, 0.4) is 0 Å². The van der Waals surface area contributed by atoms with Gasteiger partial charge in [-0.2, -0.15) is 0 Å². The topological polar surface area (TPSA) is 99.6 Å². The van der Waals surface area contributed by atoms with Gasteiger partial charge < -0.3 is 9.64 Å². The molecule has 0 saturated heterocycles. The first-order valence-electron chi connectivity index (χ1n) is 7.63. The van der Waals surface area contributed by atoms with E-state index in [2.05, 4.69) is 11.8 Å². The SMILES string of the molecule is CN(CC#CCOc1ccccc1[N+](=O)[O-])c1cc(=O)n(C)c(=O)n1C. The third-order valence-corrected chi connectivity index (χ3v) is 3.69. The van der Waals surface area contributed by atoms with Crippen LogP contribution in [0.4, 0.5) is 11.5 Å². The summed E-state index contributed by atoms with van der Waals surface area (Å²) >= 11 is 0. The number of para-hydroxylation sites is 2. The quantitative estimate of drug-likeness (QED) is 0.439. The van der Waals surface area contributed by atoms with Crippen LogP contribution in [0, 0.1) is 22.0 Å². The lowest BCUT2D eigenvalue weighted by Gasteiger charge is -2.19. The van der Waals surface area contributed by atoms with E-state index in [-0.39, 0.29) is 24.6 Å². The number of benzene rings is 1. The van der Waals surface area contributed by atoms with Crippen molar-refractivity contribution in [2.75, 3.05) is 25.1 Å². The lowest BCUT2D eigenvalue weighted by molar-refractivity contribution is -0.385.